The van der Waals surface area contributed by atoms with E-state index >= 15 is 0 Å². The van der Waals surface area contributed by atoms with Crippen LogP contribution in [-0.4, -0.2) is 42.3 Å². The summed E-state index contributed by atoms with van der Waals surface area (Å²) in [6.45, 7) is 2.57. The highest BCUT2D eigenvalue weighted by Crippen LogP contribution is 2.44. The predicted molar refractivity (Wildman–Crippen MR) is 162 cm³/mol. The van der Waals surface area contributed by atoms with Gasteiger partial charge in [-0.3, -0.25) is 4.79 Å². The Morgan fingerprint density at radius 2 is 1.88 bits per heavy atom. The lowest BCUT2D eigenvalue weighted by Crippen LogP contribution is -2.51. The van der Waals surface area contributed by atoms with Gasteiger partial charge in [0.25, 0.3) is 5.91 Å². The van der Waals surface area contributed by atoms with Gasteiger partial charge >= 0.3 is 0 Å². The third-order valence-electron chi connectivity index (χ3n) is 7.06. The third kappa shape index (κ3) is 5.65. The van der Waals surface area contributed by atoms with E-state index in [2.05, 4.69) is 15.5 Å². The summed E-state index contributed by atoms with van der Waals surface area (Å²) in [5.41, 5.74) is 1.78. The molecule has 1 fully saturated rings. The second kappa shape index (κ2) is 11.7. The van der Waals surface area contributed by atoms with Gasteiger partial charge in [-0.2, -0.15) is 11.3 Å². The Morgan fingerprint density at radius 3 is 2.59 bits per heavy atom. The van der Waals surface area contributed by atoms with E-state index in [1.54, 1.807) is 24.3 Å². The number of anilines is 3. The first-order valence-corrected chi connectivity index (χ1v) is 15.1. The molecular formula is C30H26ClFN4O3S2. The van der Waals surface area contributed by atoms with Gasteiger partial charge in [-0.1, -0.05) is 35.5 Å². The Bertz CT molecular complexity index is 1590. The molecule has 11 heteroatoms. The van der Waals surface area contributed by atoms with E-state index in [1.165, 1.54) is 23.5 Å². The summed E-state index contributed by atoms with van der Waals surface area (Å²) in [5.74, 6) is -0.242. The first kappa shape index (κ1) is 27.6. The van der Waals surface area contributed by atoms with Crippen molar-refractivity contribution in [1.29, 1.82) is 0 Å². The van der Waals surface area contributed by atoms with Crippen molar-refractivity contribution in [3.63, 3.8) is 0 Å². The fourth-order valence-corrected chi connectivity index (χ4v) is 6.84. The second-order valence-corrected chi connectivity index (χ2v) is 11.9. The SMILES string of the molecule is O=C1NC(c2ccsc2)(c2ccc(N3CCOCC3)c(Nc3ccc(F)cc3)n2)CC(O)=C1Sc1ccccc1Cl. The van der Waals surface area contributed by atoms with Crippen LogP contribution in [0.2, 0.25) is 5.02 Å². The minimum Gasteiger partial charge on any atom is -0.511 e. The lowest BCUT2D eigenvalue weighted by atomic mass is 9.81. The molecule has 210 valence electrons. The number of nitrogens with zero attached hydrogens (tertiary/aromatic N) is 2. The number of aliphatic hydroxyl groups is 1. The van der Waals surface area contributed by atoms with Crippen LogP contribution in [0.15, 0.2) is 93.0 Å². The van der Waals surface area contributed by atoms with E-state index < -0.39 is 11.4 Å². The number of morpholine rings is 1. The van der Waals surface area contributed by atoms with Crippen LogP contribution in [0.1, 0.15) is 17.7 Å². The molecule has 1 saturated heterocycles. The average Bonchev–Trinajstić information content (AvgIpc) is 3.53. The zero-order valence-corrected chi connectivity index (χ0v) is 24.2. The first-order valence-electron chi connectivity index (χ1n) is 13.0. The number of thioether (sulfide) groups is 1. The molecule has 0 radical (unpaired) electrons. The van der Waals surface area contributed by atoms with Crippen molar-refractivity contribution in [1.82, 2.24) is 10.3 Å². The average molecular weight is 609 g/mol. The number of benzene rings is 2. The molecule has 41 heavy (non-hydrogen) atoms. The number of aliphatic hydroxyl groups excluding tert-OH is 1. The van der Waals surface area contributed by atoms with E-state index in [0.29, 0.717) is 53.4 Å². The second-order valence-electron chi connectivity index (χ2n) is 9.65. The number of thiophene rings is 1. The summed E-state index contributed by atoms with van der Waals surface area (Å²) >= 11 is 8.97. The molecule has 1 unspecified atom stereocenters. The van der Waals surface area contributed by atoms with Gasteiger partial charge in [0, 0.05) is 30.1 Å². The van der Waals surface area contributed by atoms with Crippen LogP contribution < -0.4 is 15.5 Å². The van der Waals surface area contributed by atoms with E-state index in [9.17, 15) is 14.3 Å². The van der Waals surface area contributed by atoms with Crippen LogP contribution in [0.25, 0.3) is 0 Å². The number of pyridine rings is 1. The standard InChI is InChI=1S/C30H26ClFN4O3S2/c31-22-3-1-2-4-25(22)41-27-24(37)17-30(35-29(27)38,19-11-16-40-18-19)26-10-9-23(36-12-14-39-15-13-36)28(34-26)33-21-7-5-20(32)6-8-21/h1-11,16,18,37H,12-15,17H2,(H,33,34)(H,35,38). The maximum Gasteiger partial charge on any atom is 0.262 e. The summed E-state index contributed by atoms with van der Waals surface area (Å²) in [5, 5.41) is 22.2. The van der Waals surface area contributed by atoms with Gasteiger partial charge in [-0.15, -0.1) is 0 Å². The molecule has 3 N–H and O–H groups in total. The quantitative estimate of drug-likeness (QED) is 0.212. The highest BCUT2D eigenvalue weighted by atomic mass is 35.5. The van der Waals surface area contributed by atoms with Gasteiger partial charge in [-0.05, 0) is 70.9 Å². The number of rotatable bonds is 7. The lowest BCUT2D eigenvalue weighted by molar-refractivity contribution is -0.119. The molecule has 2 aromatic carbocycles. The van der Waals surface area contributed by atoms with E-state index in [1.807, 2.05) is 41.1 Å². The highest BCUT2D eigenvalue weighted by Gasteiger charge is 2.44. The number of hydrogen-bond acceptors (Lipinski definition) is 8. The molecule has 2 aliphatic rings. The summed E-state index contributed by atoms with van der Waals surface area (Å²) in [6, 6.07) is 19.0. The topological polar surface area (TPSA) is 86.7 Å². The Hall–Kier alpha value is -3.57. The molecule has 1 amide bonds. The molecule has 6 rings (SSSR count). The van der Waals surface area contributed by atoms with Crippen molar-refractivity contribution in [2.75, 3.05) is 36.5 Å². The number of carbonyl (C=O) groups excluding carboxylic acids is 1. The minimum atomic E-state index is -1.12. The van der Waals surface area contributed by atoms with Gasteiger partial charge in [0.1, 0.15) is 22.0 Å². The molecule has 2 aromatic heterocycles. The molecule has 4 heterocycles. The fraction of sp³-hybridized carbons (Fsp3) is 0.200. The molecule has 4 aromatic rings. The van der Waals surface area contributed by atoms with Crippen LogP contribution in [0, 0.1) is 5.82 Å². The van der Waals surface area contributed by atoms with Crippen molar-refractivity contribution in [2.24, 2.45) is 0 Å². The van der Waals surface area contributed by atoms with Crippen LogP contribution in [0.5, 0.6) is 0 Å². The maximum absolute atomic E-state index is 13.6. The predicted octanol–water partition coefficient (Wildman–Crippen LogP) is 6.84. The molecule has 0 spiro atoms. The van der Waals surface area contributed by atoms with Gasteiger partial charge in [0.2, 0.25) is 0 Å². The highest BCUT2D eigenvalue weighted by molar-refractivity contribution is 8.04. The number of nitrogens with one attached hydrogen (secondary N) is 2. The van der Waals surface area contributed by atoms with Gasteiger partial charge in [0.05, 0.1) is 29.6 Å². The monoisotopic (exact) mass is 608 g/mol. The Morgan fingerprint density at radius 1 is 1.10 bits per heavy atom. The van der Waals surface area contributed by atoms with Crippen molar-refractivity contribution in [3.8, 4) is 0 Å². The number of halogens is 2. The zero-order valence-electron chi connectivity index (χ0n) is 21.8. The number of ether oxygens (including phenoxy) is 1. The van der Waals surface area contributed by atoms with Crippen molar-refractivity contribution in [3.05, 3.63) is 110 Å². The Balaban J connectivity index is 1.43. The van der Waals surface area contributed by atoms with E-state index in [-0.39, 0.29) is 22.9 Å². The molecule has 1 atom stereocenters. The van der Waals surface area contributed by atoms with E-state index in [4.69, 9.17) is 21.3 Å². The Labute approximate surface area is 250 Å². The minimum absolute atomic E-state index is 0.0445. The molecule has 7 nitrogen and oxygen atoms in total. The lowest BCUT2D eigenvalue weighted by Gasteiger charge is -2.38. The van der Waals surface area contributed by atoms with Gasteiger partial charge in [-0.25, -0.2) is 9.37 Å². The fourth-order valence-electron chi connectivity index (χ4n) is 4.99. The van der Waals surface area contributed by atoms with Crippen LogP contribution in [0.4, 0.5) is 21.6 Å². The summed E-state index contributed by atoms with van der Waals surface area (Å²) in [6.07, 6.45) is 0.0994. The number of carbonyl (C=O) groups is 1. The smallest absolute Gasteiger partial charge is 0.262 e. The largest absolute Gasteiger partial charge is 0.511 e. The third-order valence-corrected chi connectivity index (χ3v) is 9.39. The van der Waals surface area contributed by atoms with Crippen LogP contribution >= 0.6 is 34.7 Å². The first-order chi connectivity index (χ1) is 19.9. The molecule has 2 aliphatic heterocycles. The van der Waals surface area contributed by atoms with Crippen molar-refractivity contribution >= 4 is 57.8 Å². The normalized spacial score (nSPS) is 19.3. The maximum atomic E-state index is 13.6. The summed E-state index contributed by atoms with van der Waals surface area (Å²) in [4.78, 5) is 21.7. The van der Waals surface area contributed by atoms with Crippen LogP contribution in [-0.2, 0) is 15.1 Å². The number of amides is 1. The molecule has 0 aliphatic carbocycles. The Kier molecular flexibility index (Phi) is 7.90. The zero-order chi connectivity index (χ0) is 28.4. The van der Waals surface area contributed by atoms with E-state index in [0.717, 1.165) is 23.0 Å². The van der Waals surface area contributed by atoms with Crippen molar-refractivity contribution in [2.45, 2.75) is 16.9 Å². The van der Waals surface area contributed by atoms with Gasteiger partial charge < -0.3 is 25.4 Å². The molecular weight excluding hydrogens is 583 g/mol. The summed E-state index contributed by atoms with van der Waals surface area (Å²) in [7, 11) is 0. The van der Waals surface area contributed by atoms with Crippen LogP contribution in [0.3, 0.4) is 0 Å². The number of hydrogen-bond donors (Lipinski definition) is 3. The van der Waals surface area contributed by atoms with Crippen molar-refractivity contribution < 1.29 is 19.0 Å². The molecule has 0 saturated carbocycles. The number of aromatic nitrogens is 1. The molecule has 0 bridgehead atoms. The summed E-state index contributed by atoms with van der Waals surface area (Å²) < 4.78 is 19.2. The van der Waals surface area contributed by atoms with Gasteiger partial charge in [0.15, 0.2) is 5.82 Å².